The van der Waals surface area contributed by atoms with Gasteiger partial charge >= 0.3 is 0 Å². The molecule has 0 saturated heterocycles. The number of methoxy groups -OCH3 is 2. The molecule has 0 atom stereocenters. The molecule has 0 heterocycles. The van der Waals surface area contributed by atoms with E-state index in [0.29, 0.717) is 6.54 Å². The predicted octanol–water partition coefficient (Wildman–Crippen LogP) is 4.43. The number of carbonyl (C=O) groups is 1. The van der Waals surface area contributed by atoms with E-state index in [1.165, 1.54) is 56.5 Å². The van der Waals surface area contributed by atoms with Gasteiger partial charge in [0.2, 0.25) is 10.0 Å². The first-order valence-electron chi connectivity index (χ1n) is 11.2. The van der Waals surface area contributed by atoms with Crippen molar-refractivity contribution in [2.75, 3.05) is 31.3 Å². The molecule has 0 saturated carbocycles. The molecule has 0 unspecified atom stereocenters. The Morgan fingerprint density at radius 3 is 2.44 bits per heavy atom. The average Bonchev–Trinajstić information content (AvgIpc) is 2.82. The second-order valence-electron chi connectivity index (χ2n) is 8.20. The van der Waals surface area contributed by atoms with Gasteiger partial charge < -0.3 is 14.8 Å². The number of anilines is 1. The fourth-order valence-electron chi connectivity index (χ4n) is 3.98. The third-order valence-corrected chi connectivity index (χ3v) is 6.93. The predicted molar refractivity (Wildman–Crippen MR) is 130 cm³/mol. The van der Waals surface area contributed by atoms with Gasteiger partial charge in [0.25, 0.3) is 5.91 Å². The summed E-state index contributed by atoms with van der Waals surface area (Å²) in [7, 11) is -1.04. The molecule has 3 rings (SSSR count). The maximum Gasteiger partial charge on any atom is 0.253 e. The van der Waals surface area contributed by atoms with E-state index in [1.54, 1.807) is 6.07 Å². The summed E-state index contributed by atoms with van der Waals surface area (Å²) in [4.78, 5) is 13.2. The fourth-order valence-corrected chi connectivity index (χ4v) is 4.86. The molecule has 1 N–H and O–H groups in total. The Morgan fingerprint density at radius 2 is 1.82 bits per heavy atom. The zero-order chi connectivity index (χ0) is 24.7. The highest BCUT2D eigenvalue weighted by Crippen LogP contribution is 2.37. The minimum absolute atomic E-state index is 0.0813. The number of allylic oxidation sites excluding steroid dienone is 1. The average molecular weight is 491 g/mol. The number of carbonyl (C=O) groups excluding carboxylic acids is 1. The van der Waals surface area contributed by atoms with Gasteiger partial charge in [0.1, 0.15) is 5.82 Å². The van der Waals surface area contributed by atoms with Crippen LogP contribution in [0.5, 0.6) is 11.5 Å². The minimum Gasteiger partial charge on any atom is -0.493 e. The second-order valence-corrected chi connectivity index (χ2v) is 10.1. The SMILES string of the molecule is COc1cc(C(=O)NCCC2=CCCCC2)c(N(Cc2ccccc2F)S(C)(=O)=O)cc1OC. The molecule has 184 valence electrons. The summed E-state index contributed by atoms with van der Waals surface area (Å²) in [5.41, 5.74) is 1.67. The highest BCUT2D eigenvalue weighted by Gasteiger charge is 2.27. The lowest BCUT2D eigenvalue weighted by atomic mass is 9.97. The molecule has 0 aliphatic heterocycles. The van der Waals surface area contributed by atoms with E-state index in [0.717, 1.165) is 36.2 Å². The van der Waals surface area contributed by atoms with Gasteiger partial charge in [-0.25, -0.2) is 12.8 Å². The Morgan fingerprint density at radius 1 is 1.12 bits per heavy atom. The fraction of sp³-hybridized carbons (Fsp3) is 0.400. The monoisotopic (exact) mass is 490 g/mol. The lowest BCUT2D eigenvalue weighted by Gasteiger charge is -2.26. The van der Waals surface area contributed by atoms with Crippen LogP contribution in [-0.4, -0.2) is 41.3 Å². The van der Waals surface area contributed by atoms with Gasteiger partial charge in [-0.15, -0.1) is 0 Å². The van der Waals surface area contributed by atoms with Crippen molar-refractivity contribution >= 4 is 21.6 Å². The Bertz CT molecular complexity index is 1160. The first-order chi connectivity index (χ1) is 16.2. The van der Waals surface area contributed by atoms with Gasteiger partial charge in [0.05, 0.1) is 38.3 Å². The largest absolute Gasteiger partial charge is 0.493 e. The smallest absolute Gasteiger partial charge is 0.253 e. The molecule has 2 aromatic carbocycles. The first kappa shape index (κ1) is 25.6. The van der Waals surface area contributed by atoms with Crippen LogP contribution in [0, 0.1) is 5.82 Å². The molecule has 0 bridgehead atoms. The molecule has 34 heavy (non-hydrogen) atoms. The van der Waals surface area contributed by atoms with Crippen LogP contribution < -0.4 is 19.1 Å². The minimum atomic E-state index is -3.89. The molecule has 0 radical (unpaired) electrons. The summed E-state index contributed by atoms with van der Waals surface area (Å²) in [6.07, 6.45) is 8.40. The standard InChI is InChI=1S/C25H31FN2O5S/c1-32-23-15-20(25(29)27-14-13-18-9-5-4-6-10-18)22(16-24(23)33-2)28(34(3,30)31)17-19-11-7-8-12-21(19)26/h7-9,11-12,15-16H,4-6,10,13-14,17H2,1-3H3,(H,27,29). The summed E-state index contributed by atoms with van der Waals surface area (Å²) in [5, 5.41) is 2.89. The first-order valence-corrected chi connectivity index (χ1v) is 13.0. The number of hydrogen-bond donors (Lipinski definition) is 1. The lowest BCUT2D eigenvalue weighted by Crippen LogP contribution is -2.33. The van der Waals surface area contributed by atoms with E-state index < -0.39 is 21.7 Å². The van der Waals surface area contributed by atoms with E-state index in [1.807, 2.05) is 0 Å². The zero-order valence-corrected chi connectivity index (χ0v) is 20.6. The van der Waals surface area contributed by atoms with Crippen molar-refractivity contribution in [3.63, 3.8) is 0 Å². The van der Waals surface area contributed by atoms with Crippen molar-refractivity contribution in [1.29, 1.82) is 0 Å². The summed E-state index contributed by atoms with van der Waals surface area (Å²) in [5.74, 6) is -0.452. The lowest BCUT2D eigenvalue weighted by molar-refractivity contribution is 0.0954. The summed E-state index contributed by atoms with van der Waals surface area (Å²) in [6, 6.07) is 8.80. The van der Waals surface area contributed by atoms with Gasteiger partial charge in [0, 0.05) is 18.2 Å². The Balaban J connectivity index is 1.98. The Kier molecular flexibility index (Phi) is 8.55. The van der Waals surface area contributed by atoms with Gasteiger partial charge in [0.15, 0.2) is 11.5 Å². The quantitative estimate of drug-likeness (QED) is 0.498. The Labute approximate surface area is 200 Å². The van der Waals surface area contributed by atoms with Crippen molar-refractivity contribution in [3.8, 4) is 11.5 Å². The zero-order valence-electron chi connectivity index (χ0n) is 19.8. The van der Waals surface area contributed by atoms with Crippen LogP contribution in [0.3, 0.4) is 0 Å². The molecule has 7 nitrogen and oxygen atoms in total. The number of hydrogen-bond acceptors (Lipinski definition) is 5. The van der Waals surface area contributed by atoms with Gasteiger partial charge in [-0.05, 0) is 44.2 Å². The number of rotatable bonds is 10. The molecular formula is C25H31FN2O5S. The van der Waals surface area contributed by atoms with E-state index in [9.17, 15) is 17.6 Å². The van der Waals surface area contributed by atoms with Crippen LogP contribution in [0.25, 0.3) is 0 Å². The van der Waals surface area contributed by atoms with E-state index >= 15 is 0 Å². The third kappa shape index (κ3) is 6.28. The highest BCUT2D eigenvalue weighted by molar-refractivity contribution is 7.92. The van der Waals surface area contributed by atoms with Crippen LogP contribution >= 0.6 is 0 Å². The number of nitrogens with zero attached hydrogens (tertiary/aromatic N) is 1. The van der Waals surface area contributed by atoms with Crippen LogP contribution in [-0.2, 0) is 16.6 Å². The van der Waals surface area contributed by atoms with E-state index in [2.05, 4.69) is 11.4 Å². The summed E-state index contributed by atoms with van der Waals surface area (Å²) in [6.45, 7) is 0.138. The van der Waals surface area contributed by atoms with Crippen LogP contribution in [0.4, 0.5) is 10.1 Å². The van der Waals surface area contributed by atoms with Gasteiger partial charge in [-0.3, -0.25) is 9.10 Å². The number of halogens is 1. The molecule has 9 heteroatoms. The molecule has 0 aromatic heterocycles. The third-order valence-electron chi connectivity index (χ3n) is 5.80. The number of nitrogens with one attached hydrogen (secondary N) is 1. The van der Waals surface area contributed by atoms with Gasteiger partial charge in [-0.1, -0.05) is 29.8 Å². The molecule has 2 aromatic rings. The maximum absolute atomic E-state index is 14.4. The molecule has 0 fully saturated rings. The maximum atomic E-state index is 14.4. The summed E-state index contributed by atoms with van der Waals surface area (Å²) < 4.78 is 51.6. The molecule has 1 amide bonds. The van der Waals surface area contributed by atoms with Crippen LogP contribution in [0.1, 0.15) is 48.0 Å². The summed E-state index contributed by atoms with van der Waals surface area (Å²) >= 11 is 0. The number of amides is 1. The van der Waals surface area contributed by atoms with Crippen molar-refractivity contribution in [1.82, 2.24) is 5.32 Å². The van der Waals surface area contributed by atoms with Crippen LogP contribution in [0.2, 0.25) is 0 Å². The normalized spacial score (nSPS) is 13.7. The number of benzene rings is 2. The van der Waals surface area contributed by atoms with Crippen molar-refractivity contribution < 1.29 is 27.1 Å². The van der Waals surface area contributed by atoms with Crippen molar-refractivity contribution in [3.05, 3.63) is 65.0 Å². The topological polar surface area (TPSA) is 84.9 Å². The van der Waals surface area contributed by atoms with Crippen molar-refractivity contribution in [2.24, 2.45) is 0 Å². The molecule has 0 spiro atoms. The second kappa shape index (κ2) is 11.4. The van der Waals surface area contributed by atoms with Crippen LogP contribution in [0.15, 0.2) is 48.0 Å². The number of sulfonamides is 1. The number of ether oxygens (including phenoxy) is 2. The highest BCUT2D eigenvalue weighted by atomic mass is 32.2. The van der Waals surface area contributed by atoms with Crippen molar-refractivity contribution in [2.45, 2.75) is 38.6 Å². The van der Waals surface area contributed by atoms with E-state index in [4.69, 9.17) is 9.47 Å². The van der Waals surface area contributed by atoms with Gasteiger partial charge in [-0.2, -0.15) is 0 Å². The molecular weight excluding hydrogens is 459 g/mol. The molecule has 1 aliphatic rings. The van der Waals surface area contributed by atoms with E-state index in [-0.39, 0.29) is 34.9 Å². The Hall–Kier alpha value is -3.07. The molecule has 1 aliphatic carbocycles.